The van der Waals surface area contributed by atoms with Crippen LogP contribution in [0.15, 0.2) is 24.3 Å². The third-order valence-electron chi connectivity index (χ3n) is 5.47. The number of benzene rings is 1. The molecule has 2 unspecified atom stereocenters. The van der Waals surface area contributed by atoms with Crippen LogP contribution in [0, 0.1) is 11.7 Å². The molecular weight excluding hydrogens is 369 g/mol. The zero-order valence-corrected chi connectivity index (χ0v) is 16.4. The van der Waals surface area contributed by atoms with Crippen molar-refractivity contribution < 1.29 is 14.0 Å². The van der Waals surface area contributed by atoms with Gasteiger partial charge in [0.25, 0.3) is 0 Å². The molecule has 0 bridgehead atoms. The topological polar surface area (TPSA) is 66.6 Å². The molecule has 1 aliphatic carbocycles. The molecule has 5 nitrogen and oxygen atoms in total. The van der Waals surface area contributed by atoms with Crippen LogP contribution in [0.25, 0.3) is 0 Å². The molecule has 2 atom stereocenters. The standard InChI is InChI=1S/C20H28FN3O2.ClH/c21-17-6-1-4-15(12-17)13-19(25)23-8-3-9-24(11-10-23)20(26)16-5-2-7-18(22)14-16;/h1,4,6,12,16,18H,2-3,5,7-11,13-14,22H2;1H. The molecule has 3 rings (SSSR count). The van der Waals surface area contributed by atoms with Crippen molar-refractivity contribution in [1.82, 2.24) is 9.80 Å². The van der Waals surface area contributed by atoms with E-state index in [1.807, 2.05) is 4.90 Å². The van der Waals surface area contributed by atoms with E-state index in [1.54, 1.807) is 17.0 Å². The van der Waals surface area contributed by atoms with E-state index in [2.05, 4.69) is 0 Å². The highest BCUT2D eigenvalue weighted by molar-refractivity contribution is 5.85. The second-order valence-electron chi connectivity index (χ2n) is 7.49. The van der Waals surface area contributed by atoms with Gasteiger partial charge in [0, 0.05) is 38.1 Å². The molecule has 0 aromatic heterocycles. The van der Waals surface area contributed by atoms with Crippen LogP contribution in [0.5, 0.6) is 0 Å². The van der Waals surface area contributed by atoms with E-state index in [4.69, 9.17) is 5.73 Å². The molecular formula is C20H29ClFN3O2. The Morgan fingerprint density at radius 1 is 1.07 bits per heavy atom. The highest BCUT2D eigenvalue weighted by Crippen LogP contribution is 2.25. The van der Waals surface area contributed by atoms with E-state index in [1.165, 1.54) is 12.1 Å². The summed E-state index contributed by atoms with van der Waals surface area (Å²) in [6.45, 7) is 2.44. The van der Waals surface area contributed by atoms with Gasteiger partial charge in [0.15, 0.2) is 0 Å². The van der Waals surface area contributed by atoms with Gasteiger partial charge >= 0.3 is 0 Å². The summed E-state index contributed by atoms with van der Waals surface area (Å²) in [7, 11) is 0. The third-order valence-corrected chi connectivity index (χ3v) is 5.47. The Bertz CT molecular complexity index is 658. The van der Waals surface area contributed by atoms with Gasteiger partial charge in [0.1, 0.15) is 5.82 Å². The van der Waals surface area contributed by atoms with Gasteiger partial charge in [-0.05, 0) is 43.4 Å². The van der Waals surface area contributed by atoms with E-state index in [0.29, 0.717) is 31.7 Å². The fourth-order valence-electron chi connectivity index (χ4n) is 4.03. The number of halogens is 2. The van der Waals surface area contributed by atoms with Crippen molar-refractivity contribution in [3.8, 4) is 0 Å². The number of nitrogens with two attached hydrogens (primary N) is 1. The van der Waals surface area contributed by atoms with Crippen LogP contribution in [-0.4, -0.2) is 53.8 Å². The van der Waals surface area contributed by atoms with Crippen molar-refractivity contribution in [2.75, 3.05) is 26.2 Å². The van der Waals surface area contributed by atoms with Crippen LogP contribution < -0.4 is 5.73 Å². The minimum Gasteiger partial charge on any atom is -0.341 e. The first-order valence-corrected chi connectivity index (χ1v) is 9.59. The summed E-state index contributed by atoms with van der Waals surface area (Å²) in [6, 6.07) is 6.30. The molecule has 1 aromatic carbocycles. The maximum absolute atomic E-state index is 13.3. The molecule has 27 heavy (non-hydrogen) atoms. The average molecular weight is 398 g/mol. The lowest BCUT2D eigenvalue weighted by Crippen LogP contribution is -2.43. The van der Waals surface area contributed by atoms with Crippen molar-refractivity contribution in [2.45, 2.75) is 44.6 Å². The van der Waals surface area contributed by atoms with Crippen molar-refractivity contribution >= 4 is 24.2 Å². The monoisotopic (exact) mass is 397 g/mol. The highest BCUT2D eigenvalue weighted by Gasteiger charge is 2.30. The number of hydrogen-bond donors (Lipinski definition) is 1. The van der Waals surface area contributed by atoms with Crippen molar-refractivity contribution in [2.24, 2.45) is 11.7 Å². The maximum Gasteiger partial charge on any atom is 0.227 e. The number of hydrogen-bond acceptors (Lipinski definition) is 3. The first-order chi connectivity index (χ1) is 12.5. The van der Waals surface area contributed by atoms with E-state index < -0.39 is 0 Å². The Kier molecular flexibility index (Phi) is 8.05. The maximum atomic E-state index is 13.3. The molecule has 7 heteroatoms. The van der Waals surface area contributed by atoms with E-state index in [0.717, 1.165) is 32.1 Å². The lowest BCUT2D eigenvalue weighted by Gasteiger charge is -2.30. The van der Waals surface area contributed by atoms with Crippen LogP contribution in [0.2, 0.25) is 0 Å². The molecule has 2 aliphatic rings. The molecule has 150 valence electrons. The normalized spacial score (nSPS) is 23.3. The first kappa shape index (κ1) is 21.6. The molecule has 1 heterocycles. The largest absolute Gasteiger partial charge is 0.341 e. The average Bonchev–Trinajstić information content (AvgIpc) is 2.87. The molecule has 1 aliphatic heterocycles. The fourth-order valence-corrected chi connectivity index (χ4v) is 4.03. The summed E-state index contributed by atoms with van der Waals surface area (Å²) in [4.78, 5) is 29.0. The van der Waals surface area contributed by atoms with Crippen molar-refractivity contribution in [3.05, 3.63) is 35.6 Å². The van der Waals surface area contributed by atoms with Gasteiger partial charge in [-0.25, -0.2) is 4.39 Å². The van der Waals surface area contributed by atoms with Crippen molar-refractivity contribution in [3.63, 3.8) is 0 Å². The smallest absolute Gasteiger partial charge is 0.227 e. The number of rotatable bonds is 3. The second-order valence-corrected chi connectivity index (χ2v) is 7.49. The van der Waals surface area contributed by atoms with Gasteiger partial charge in [-0.2, -0.15) is 0 Å². The Hall–Kier alpha value is -1.66. The summed E-state index contributed by atoms with van der Waals surface area (Å²) in [5.74, 6) is -0.105. The lowest BCUT2D eigenvalue weighted by molar-refractivity contribution is -0.137. The van der Waals surface area contributed by atoms with Gasteiger partial charge in [-0.1, -0.05) is 18.6 Å². The van der Waals surface area contributed by atoms with E-state index in [9.17, 15) is 14.0 Å². The molecule has 2 fully saturated rings. The van der Waals surface area contributed by atoms with Crippen LogP contribution in [-0.2, 0) is 16.0 Å². The summed E-state index contributed by atoms with van der Waals surface area (Å²) in [6.07, 6.45) is 4.70. The predicted molar refractivity (Wildman–Crippen MR) is 105 cm³/mol. The SMILES string of the molecule is Cl.NC1CCCC(C(=O)N2CCCN(C(=O)Cc3cccc(F)c3)CC2)C1. The first-order valence-electron chi connectivity index (χ1n) is 9.59. The highest BCUT2D eigenvalue weighted by atomic mass is 35.5. The Labute approximate surface area is 166 Å². The summed E-state index contributed by atoms with van der Waals surface area (Å²) >= 11 is 0. The van der Waals surface area contributed by atoms with Crippen molar-refractivity contribution in [1.29, 1.82) is 0 Å². The van der Waals surface area contributed by atoms with E-state index in [-0.39, 0.29) is 48.4 Å². The van der Waals surface area contributed by atoms with Crippen LogP contribution in [0.1, 0.15) is 37.7 Å². The van der Waals surface area contributed by atoms with Gasteiger partial charge in [-0.3, -0.25) is 9.59 Å². The van der Waals surface area contributed by atoms with Crippen LogP contribution in [0.3, 0.4) is 0 Å². The van der Waals surface area contributed by atoms with Gasteiger partial charge in [-0.15, -0.1) is 12.4 Å². The second kappa shape index (κ2) is 10.0. The molecule has 2 N–H and O–H groups in total. The summed E-state index contributed by atoms with van der Waals surface area (Å²) in [5.41, 5.74) is 6.70. The Balaban J connectivity index is 0.00000261. The number of carbonyl (C=O) groups is 2. The quantitative estimate of drug-likeness (QED) is 0.851. The molecule has 1 saturated carbocycles. The van der Waals surface area contributed by atoms with Gasteiger partial charge in [0.2, 0.25) is 11.8 Å². The fraction of sp³-hybridized carbons (Fsp3) is 0.600. The lowest BCUT2D eigenvalue weighted by atomic mass is 9.85. The third kappa shape index (κ3) is 5.91. The zero-order valence-electron chi connectivity index (χ0n) is 15.6. The minimum absolute atomic E-state index is 0. The minimum atomic E-state index is -0.325. The zero-order chi connectivity index (χ0) is 18.5. The predicted octanol–water partition coefficient (Wildman–Crippen LogP) is 2.37. The van der Waals surface area contributed by atoms with Crippen LogP contribution >= 0.6 is 12.4 Å². The molecule has 0 spiro atoms. The molecule has 1 aromatic rings. The summed E-state index contributed by atoms with van der Waals surface area (Å²) < 4.78 is 13.3. The summed E-state index contributed by atoms with van der Waals surface area (Å²) in [5, 5.41) is 0. The number of nitrogens with zero attached hydrogens (tertiary/aromatic N) is 2. The molecule has 0 radical (unpaired) electrons. The van der Waals surface area contributed by atoms with Gasteiger partial charge < -0.3 is 15.5 Å². The Morgan fingerprint density at radius 3 is 2.56 bits per heavy atom. The van der Waals surface area contributed by atoms with E-state index >= 15 is 0 Å². The molecule has 1 saturated heterocycles. The number of carbonyl (C=O) groups excluding carboxylic acids is 2. The van der Waals surface area contributed by atoms with Crippen LogP contribution in [0.4, 0.5) is 4.39 Å². The Morgan fingerprint density at radius 2 is 1.81 bits per heavy atom. The number of amides is 2. The molecule has 2 amide bonds. The van der Waals surface area contributed by atoms with Gasteiger partial charge in [0.05, 0.1) is 6.42 Å².